The molecule has 120 valence electrons. The van der Waals surface area contributed by atoms with Crippen LogP contribution in [0.4, 0.5) is 0 Å². The number of hydrogen-bond donors (Lipinski definition) is 1. The second-order valence-electron chi connectivity index (χ2n) is 5.08. The van der Waals surface area contributed by atoms with E-state index in [1.165, 1.54) is 16.7 Å². The van der Waals surface area contributed by atoms with E-state index < -0.39 is 0 Å². The summed E-state index contributed by atoms with van der Waals surface area (Å²) in [6, 6.07) is 12.9. The van der Waals surface area contributed by atoms with Crippen LogP contribution in [-0.2, 0) is 11.3 Å². The summed E-state index contributed by atoms with van der Waals surface area (Å²) < 4.78 is 0. The van der Waals surface area contributed by atoms with Crippen LogP contribution < -0.4 is 5.32 Å². The summed E-state index contributed by atoms with van der Waals surface area (Å²) in [7, 11) is 3.43. The Balaban J connectivity index is 2.01. The fraction of sp³-hybridized carbons (Fsp3) is 0.235. The van der Waals surface area contributed by atoms with Crippen LogP contribution in [0, 0.1) is 0 Å². The van der Waals surface area contributed by atoms with Gasteiger partial charge < -0.3 is 10.2 Å². The average molecular weight is 329 g/mol. The van der Waals surface area contributed by atoms with E-state index in [1.54, 1.807) is 26.4 Å². The number of carbonyl (C=O) groups is 2. The molecular formula is C17H19N3O2S. The Bertz CT molecular complexity index is 675. The summed E-state index contributed by atoms with van der Waals surface area (Å²) in [5.74, 6) is 0.145. The van der Waals surface area contributed by atoms with Gasteiger partial charge >= 0.3 is 0 Å². The molecule has 0 saturated heterocycles. The number of nitrogens with zero attached hydrogens (tertiary/aromatic N) is 2. The van der Waals surface area contributed by atoms with Gasteiger partial charge in [-0.25, -0.2) is 0 Å². The predicted octanol–water partition coefficient (Wildman–Crippen LogP) is 2.19. The molecule has 2 rings (SSSR count). The van der Waals surface area contributed by atoms with Gasteiger partial charge in [0, 0.05) is 25.2 Å². The molecule has 0 fully saturated rings. The zero-order valence-corrected chi connectivity index (χ0v) is 14.0. The summed E-state index contributed by atoms with van der Waals surface area (Å²) in [6.07, 6.45) is 1.69. The molecule has 0 saturated carbocycles. The van der Waals surface area contributed by atoms with Crippen LogP contribution in [0.2, 0.25) is 0 Å². The van der Waals surface area contributed by atoms with E-state index >= 15 is 0 Å². The molecule has 0 unspecified atom stereocenters. The fourth-order valence-corrected chi connectivity index (χ4v) is 2.85. The summed E-state index contributed by atoms with van der Waals surface area (Å²) >= 11 is 1.37. The van der Waals surface area contributed by atoms with Crippen molar-refractivity contribution in [2.75, 3.05) is 19.8 Å². The van der Waals surface area contributed by atoms with Gasteiger partial charge in [0.05, 0.1) is 23.6 Å². The first kappa shape index (κ1) is 17.0. The van der Waals surface area contributed by atoms with Gasteiger partial charge in [-0.05, 0) is 24.3 Å². The largest absolute Gasteiger partial charge is 0.348 e. The van der Waals surface area contributed by atoms with Gasteiger partial charge in [0.25, 0.3) is 5.91 Å². The molecule has 2 amide bonds. The minimum Gasteiger partial charge on any atom is -0.348 e. The second kappa shape index (κ2) is 8.33. The van der Waals surface area contributed by atoms with Crippen molar-refractivity contribution in [1.29, 1.82) is 0 Å². The fourth-order valence-electron chi connectivity index (χ4n) is 1.82. The van der Waals surface area contributed by atoms with Gasteiger partial charge in [-0.3, -0.25) is 14.6 Å². The lowest BCUT2D eigenvalue weighted by Crippen LogP contribution is -2.25. The molecule has 5 nitrogen and oxygen atoms in total. The lowest BCUT2D eigenvalue weighted by molar-refractivity contribution is -0.125. The molecule has 0 spiro atoms. The lowest BCUT2D eigenvalue weighted by atomic mass is 10.2. The average Bonchev–Trinajstić information content (AvgIpc) is 2.58. The minimum absolute atomic E-state index is 0.0127. The highest BCUT2D eigenvalue weighted by Crippen LogP contribution is 2.22. The zero-order valence-electron chi connectivity index (χ0n) is 13.2. The monoisotopic (exact) mass is 329 g/mol. The molecule has 0 bridgehead atoms. The molecule has 6 heteroatoms. The SMILES string of the molecule is CN(C)C(=O)CSc1ccccc1C(=O)NCc1ccccn1. The Hall–Kier alpha value is -2.34. The molecule has 0 aliphatic heterocycles. The normalized spacial score (nSPS) is 10.2. The molecule has 0 aliphatic carbocycles. The van der Waals surface area contributed by atoms with Gasteiger partial charge in [-0.15, -0.1) is 11.8 Å². The Labute approximate surface area is 140 Å². The highest BCUT2D eigenvalue weighted by molar-refractivity contribution is 8.00. The number of pyridine rings is 1. The molecular weight excluding hydrogens is 310 g/mol. The van der Waals surface area contributed by atoms with Gasteiger partial charge in [0.1, 0.15) is 0 Å². The van der Waals surface area contributed by atoms with Crippen molar-refractivity contribution >= 4 is 23.6 Å². The molecule has 23 heavy (non-hydrogen) atoms. The van der Waals surface area contributed by atoms with E-state index in [9.17, 15) is 9.59 Å². The van der Waals surface area contributed by atoms with Crippen LogP contribution in [0.1, 0.15) is 16.1 Å². The topological polar surface area (TPSA) is 62.3 Å². The van der Waals surface area contributed by atoms with Crippen molar-refractivity contribution in [3.05, 3.63) is 59.9 Å². The van der Waals surface area contributed by atoms with Crippen LogP contribution in [0.15, 0.2) is 53.6 Å². The van der Waals surface area contributed by atoms with Crippen LogP contribution in [0.5, 0.6) is 0 Å². The van der Waals surface area contributed by atoms with Crippen molar-refractivity contribution in [3.63, 3.8) is 0 Å². The first-order valence-electron chi connectivity index (χ1n) is 7.18. The highest BCUT2D eigenvalue weighted by Gasteiger charge is 2.13. The summed E-state index contributed by atoms with van der Waals surface area (Å²) in [5.41, 5.74) is 1.37. The van der Waals surface area contributed by atoms with Crippen molar-refractivity contribution in [3.8, 4) is 0 Å². The number of benzene rings is 1. The maximum absolute atomic E-state index is 12.4. The maximum atomic E-state index is 12.4. The molecule has 2 aromatic rings. The minimum atomic E-state index is -0.170. The van der Waals surface area contributed by atoms with Crippen LogP contribution in [-0.4, -0.2) is 41.5 Å². The number of nitrogens with one attached hydrogen (secondary N) is 1. The smallest absolute Gasteiger partial charge is 0.252 e. The van der Waals surface area contributed by atoms with E-state index in [-0.39, 0.29) is 11.8 Å². The van der Waals surface area contributed by atoms with Gasteiger partial charge in [-0.1, -0.05) is 18.2 Å². The van der Waals surface area contributed by atoms with E-state index in [0.717, 1.165) is 10.6 Å². The second-order valence-corrected chi connectivity index (χ2v) is 6.09. The number of hydrogen-bond acceptors (Lipinski definition) is 4. The summed E-state index contributed by atoms with van der Waals surface area (Å²) in [4.78, 5) is 30.6. The molecule has 1 N–H and O–H groups in total. The molecule has 1 aromatic heterocycles. The van der Waals surface area contributed by atoms with Gasteiger partial charge in [-0.2, -0.15) is 0 Å². The molecule has 1 heterocycles. The quantitative estimate of drug-likeness (QED) is 0.825. The first-order valence-corrected chi connectivity index (χ1v) is 8.16. The first-order chi connectivity index (χ1) is 11.1. The number of aromatic nitrogens is 1. The predicted molar refractivity (Wildman–Crippen MR) is 91.3 cm³/mol. The number of amides is 2. The highest BCUT2D eigenvalue weighted by atomic mass is 32.2. The van der Waals surface area contributed by atoms with Crippen LogP contribution in [0.25, 0.3) is 0 Å². The molecule has 0 aliphatic rings. The lowest BCUT2D eigenvalue weighted by Gasteiger charge is -2.12. The van der Waals surface area contributed by atoms with Crippen molar-refractivity contribution in [1.82, 2.24) is 15.2 Å². The summed E-state index contributed by atoms with van der Waals surface area (Å²) in [6.45, 7) is 0.370. The van der Waals surface area contributed by atoms with E-state index in [2.05, 4.69) is 10.3 Å². The molecule has 0 atom stereocenters. The third-order valence-electron chi connectivity index (χ3n) is 3.14. The standard InChI is InChI=1S/C17H19N3O2S/c1-20(2)16(21)12-23-15-9-4-3-8-14(15)17(22)19-11-13-7-5-6-10-18-13/h3-10H,11-12H2,1-2H3,(H,19,22). The van der Waals surface area contributed by atoms with Gasteiger partial charge in [0.2, 0.25) is 5.91 Å². The third kappa shape index (κ3) is 5.10. The van der Waals surface area contributed by atoms with Crippen molar-refractivity contribution in [2.45, 2.75) is 11.4 Å². The number of rotatable bonds is 6. The van der Waals surface area contributed by atoms with Crippen LogP contribution >= 0.6 is 11.8 Å². The van der Waals surface area contributed by atoms with Crippen molar-refractivity contribution in [2.24, 2.45) is 0 Å². The van der Waals surface area contributed by atoms with E-state index in [1.807, 2.05) is 36.4 Å². The zero-order chi connectivity index (χ0) is 16.7. The number of thioether (sulfide) groups is 1. The Morgan fingerprint density at radius 1 is 1.13 bits per heavy atom. The Kier molecular flexibility index (Phi) is 6.17. The van der Waals surface area contributed by atoms with Crippen molar-refractivity contribution < 1.29 is 9.59 Å². The third-order valence-corrected chi connectivity index (χ3v) is 4.20. The number of carbonyl (C=O) groups excluding carboxylic acids is 2. The van der Waals surface area contributed by atoms with E-state index in [4.69, 9.17) is 0 Å². The Morgan fingerprint density at radius 3 is 2.57 bits per heavy atom. The van der Waals surface area contributed by atoms with Crippen LogP contribution in [0.3, 0.4) is 0 Å². The molecule has 0 radical (unpaired) electrons. The summed E-state index contributed by atoms with van der Waals surface area (Å²) in [5, 5.41) is 2.86. The molecule has 1 aromatic carbocycles. The Morgan fingerprint density at radius 2 is 1.87 bits per heavy atom. The van der Waals surface area contributed by atoms with Gasteiger partial charge in [0.15, 0.2) is 0 Å². The van der Waals surface area contributed by atoms with E-state index in [0.29, 0.717) is 17.9 Å². The maximum Gasteiger partial charge on any atom is 0.252 e.